The molecule has 0 bridgehead atoms. The Bertz CT molecular complexity index is 1070. The number of rotatable bonds is 7. The number of amides is 1. The number of thiazole rings is 1. The summed E-state index contributed by atoms with van der Waals surface area (Å²) in [5.74, 6) is 0.834. The first-order valence-electron chi connectivity index (χ1n) is 9.06. The van der Waals surface area contributed by atoms with Gasteiger partial charge >= 0.3 is 6.36 Å². The summed E-state index contributed by atoms with van der Waals surface area (Å²) in [6, 6.07) is 10.8. The highest BCUT2D eigenvalue weighted by atomic mass is 32.1. The highest BCUT2D eigenvalue weighted by molar-refractivity contribution is 7.13. The second-order valence-electron chi connectivity index (χ2n) is 6.48. The fourth-order valence-electron chi connectivity index (χ4n) is 2.79. The van der Waals surface area contributed by atoms with Gasteiger partial charge in [-0.3, -0.25) is 4.79 Å². The summed E-state index contributed by atoms with van der Waals surface area (Å²) in [4.78, 5) is 16.5. The number of ether oxygens (including phenoxy) is 3. The third-order valence-corrected chi connectivity index (χ3v) is 4.97. The Morgan fingerprint density at radius 3 is 2.68 bits per heavy atom. The Morgan fingerprint density at radius 2 is 1.90 bits per heavy atom. The Kier molecular flexibility index (Phi) is 5.85. The molecule has 0 aliphatic carbocycles. The van der Waals surface area contributed by atoms with Crippen LogP contribution in [0.3, 0.4) is 0 Å². The zero-order chi connectivity index (χ0) is 21.8. The maximum atomic E-state index is 12.2. The van der Waals surface area contributed by atoms with Crippen molar-refractivity contribution in [3.05, 3.63) is 59.1 Å². The molecule has 1 aromatic heterocycles. The van der Waals surface area contributed by atoms with Gasteiger partial charge in [0.05, 0.1) is 12.1 Å². The summed E-state index contributed by atoms with van der Waals surface area (Å²) in [6.45, 7) is 0.536. The number of anilines is 2. The van der Waals surface area contributed by atoms with Crippen molar-refractivity contribution in [2.24, 2.45) is 0 Å². The topological polar surface area (TPSA) is 81.7 Å². The fraction of sp³-hybridized carbons (Fsp3) is 0.200. The lowest BCUT2D eigenvalue weighted by atomic mass is 10.2. The van der Waals surface area contributed by atoms with Crippen molar-refractivity contribution in [1.29, 1.82) is 0 Å². The molecule has 11 heteroatoms. The van der Waals surface area contributed by atoms with Crippen LogP contribution in [0.1, 0.15) is 11.3 Å². The molecule has 162 valence electrons. The maximum absolute atomic E-state index is 12.2. The van der Waals surface area contributed by atoms with E-state index in [2.05, 4.69) is 20.4 Å². The van der Waals surface area contributed by atoms with E-state index in [-0.39, 0.29) is 24.9 Å². The minimum atomic E-state index is -4.73. The number of carbonyl (C=O) groups excluding carboxylic acids is 1. The summed E-state index contributed by atoms with van der Waals surface area (Å²) < 4.78 is 51.0. The number of hydrogen-bond acceptors (Lipinski definition) is 7. The molecule has 31 heavy (non-hydrogen) atoms. The smallest absolute Gasteiger partial charge is 0.454 e. The molecule has 0 radical (unpaired) electrons. The summed E-state index contributed by atoms with van der Waals surface area (Å²) >= 11 is 1.28. The minimum Gasteiger partial charge on any atom is -0.454 e. The van der Waals surface area contributed by atoms with E-state index in [0.29, 0.717) is 34.6 Å². The lowest BCUT2D eigenvalue weighted by Gasteiger charge is -2.09. The lowest BCUT2D eigenvalue weighted by Crippen LogP contribution is -2.24. The van der Waals surface area contributed by atoms with Gasteiger partial charge in [-0.2, -0.15) is 0 Å². The predicted molar refractivity (Wildman–Crippen MR) is 107 cm³/mol. The molecule has 1 aliphatic heterocycles. The highest BCUT2D eigenvalue weighted by Gasteiger charge is 2.30. The van der Waals surface area contributed by atoms with Gasteiger partial charge in [-0.25, -0.2) is 4.98 Å². The van der Waals surface area contributed by atoms with Crippen molar-refractivity contribution in [3.63, 3.8) is 0 Å². The molecule has 0 spiro atoms. The number of alkyl halides is 3. The molecular weight excluding hydrogens is 435 g/mol. The van der Waals surface area contributed by atoms with Gasteiger partial charge in [0, 0.05) is 17.6 Å². The number of nitrogens with zero attached hydrogens (tertiary/aromatic N) is 1. The molecule has 4 rings (SSSR count). The van der Waals surface area contributed by atoms with Crippen molar-refractivity contribution >= 4 is 28.1 Å². The van der Waals surface area contributed by atoms with Crippen molar-refractivity contribution in [3.8, 4) is 17.2 Å². The van der Waals surface area contributed by atoms with Crippen LogP contribution < -0.4 is 24.8 Å². The third-order valence-electron chi connectivity index (χ3n) is 4.16. The minimum absolute atomic E-state index is 0.0983. The number of benzene rings is 2. The standard InChI is InChI=1S/C20H16F3N3O4S/c21-20(22,23)30-15-4-2-13(3-5-15)25-19-26-14(10-31-19)8-18(27)24-9-12-1-6-16-17(7-12)29-11-28-16/h1-7,10H,8-9,11H2,(H,24,27)(H,25,26). The van der Waals surface area contributed by atoms with Gasteiger partial charge in [-0.1, -0.05) is 6.07 Å². The summed E-state index contributed by atoms with van der Waals surface area (Å²) in [5, 5.41) is 8.06. The first kappa shape index (κ1) is 20.8. The van der Waals surface area contributed by atoms with Crippen LogP contribution in [0.4, 0.5) is 24.0 Å². The normalized spacial score (nSPS) is 12.5. The van der Waals surface area contributed by atoms with E-state index in [1.165, 1.54) is 35.6 Å². The lowest BCUT2D eigenvalue weighted by molar-refractivity contribution is -0.274. The number of nitrogens with one attached hydrogen (secondary N) is 2. The van der Waals surface area contributed by atoms with Crippen molar-refractivity contribution in [2.45, 2.75) is 19.3 Å². The highest BCUT2D eigenvalue weighted by Crippen LogP contribution is 2.32. The van der Waals surface area contributed by atoms with E-state index in [1.807, 2.05) is 12.1 Å². The van der Waals surface area contributed by atoms with Gasteiger partial charge in [0.1, 0.15) is 5.75 Å². The largest absolute Gasteiger partial charge is 0.573 e. The molecule has 1 amide bonds. The van der Waals surface area contributed by atoms with Crippen LogP contribution in [0, 0.1) is 0 Å². The van der Waals surface area contributed by atoms with Crippen LogP contribution in [-0.2, 0) is 17.8 Å². The molecule has 3 aromatic rings. The summed E-state index contributed by atoms with van der Waals surface area (Å²) in [6.07, 6.45) is -4.64. The van der Waals surface area contributed by atoms with Gasteiger partial charge in [0.2, 0.25) is 12.7 Å². The van der Waals surface area contributed by atoms with Crippen LogP contribution in [-0.4, -0.2) is 24.0 Å². The number of carbonyl (C=O) groups is 1. The van der Waals surface area contributed by atoms with Crippen LogP contribution in [0.2, 0.25) is 0 Å². The first-order valence-corrected chi connectivity index (χ1v) is 9.94. The van der Waals surface area contributed by atoms with Crippen LogP contribution in [0.25, 0.3) is 0 Å². The maximum Gasteiger partial charge on any atom is 0.573 e. The second kappa shape index (κ2) is 8.72. The van der Waals surface area contributed by atoms with Gasteiger partial charge < -0.3 is 24.8 Å². The monoisotopic (exact) mass is 451 g/mol. The molecule has 2 N–H and O–H groups in total. The SMILES string of the molecule is O=C(Cc1csc(Nc2ccc(OC(F)(F)F)cc2)n1)NCc1ccc2c(c1)OCO2. The first-order chi connectivity index (χ1) is 14.8. The van der Waals surface area contributed by atoms with E-state index >= 15 is 0 Å². The van der Waals surface area contributed by atoms with Gasteiger partial charge in [0.15, 0.2) is 16.6 Å². The van der Waals surface area contributed by atoms with Gasteiger partial charge in [-0.05, 0) is 42.0 Å². The van der Waals surface area contributed by atoms with E-state index in [0.717, 1.165) is 5.56 Å². The molecule has 2 aromatic carbocycles. The van der Waals surface area contributed by atoms with Crippen LogP contribution in [0.15, 0.2) is 47.8 Å². The van der Waals surface area contributed by atoms with E-state index < -0.39 is 6.36 Å². The summed E-state index contributed by atoms with van der Waals surface area (Å²) in [5.41, 5.74) is 2.01. The zero-order valence-electron chi connectivity index (χ0n) is 15.9. The van der Waals surface area contributed by atoms with Crippen molar-refractivity contribution in [2.75, 3.05) is 12.1 Å². The van der Waals surface area contributed by atoms with Crippen molar-refractivity contribution < 1.29 is 32.2 Å². The third kappa shape index (κ3) is 5.79. The molecule has 0 atom stereocenters. The Morgan fingerprint density at radius 1 is 1.13 bits per heavy atom. The Labute approximate surface area is 178 Å². The van der Waals surface area contributed by atoms with E-state index in [4.69, 9.17) is 9.47 Å². The number of aromatic nitrogens is 1. The fourth-order valence-corrected chi connectivity index (χ4v) is 3.52. The molecule has 7 nitrogen and oxygen atoms in total. The molecule has 0 fully saturated rings. The second-order valence-corrected chi connectivity index (χ2v) is 7.34. The number of hydrogen-bond donors (Lipinski definition) is 2. The average molecular weight is 451 g/mol. The average Bonchev–Trinajstić information content (AvgIpc) is 3.35. The molecule has 0 saturated heterocycles. The molecule has 0 saturated carbocycles. The molecule has 0 unspecified atom stereocenters. The molecular formula is C20H16F3N3O4S. The predicted octanol–water partition coefficient (Wildman–Crippen LogP) is 4.37. The molecule has 2 heterocycles. The summed E-state index contributed by atoms with van der Waals surface area (Å²) in [7, 11) is 0. The van der Waals surface area contributed by atoms with E-state index in [1.54, 1.807) is 11.4 Å². The van der Waals surface area contributed by atoms with Gasteiger partial charge in [0.25, 0.3) is 0 Å². The number of halogens is 3. The van der Waals surface area contributed by atoms with Crippen molar-refractivity contribution in [1.82, 2.24) is 10.3 Å². The zero-order valence-corrected chi connectivity index (χ0v) is 16.7. The number of fused-ring (bicyclic) bond motifs is 1. The van der Waals surface area contributed by atoms with Crippen LogP contribution in [0.5, 0.6) is 17.2 Å². The van der Waals surface area contributed by atoms with Crippen LogP contribution >= 0.6 is 11.3 Å². The Hall–Kier alpha value is -3.47. The van der Waals surface area contributed by atoms with Gasteiger partial charge in [-0.15, -0.1) is 24.5 Å². The van der Waals surface area contributed by atoms with E-state index in [9.17, 15) is 18.0 Å². The Balaban J connectivity index is 1.27. The quantitative estimate of drug-likeness (QED) is 0.555. The molecule has 1 aliphatic rings.